The Kier molecular flexibility index (Phi) is 4.25. The maximum atomic E-state index is 12.2. The lowest BCUT2D eigenvalue weighted by atomic mass is 9.93. The fourth-order valence-corrected chi connectivity index (χ4v) is 2.94. The number of amides is 4. The Morgan fingerprint density at radius 3 is 2.88 bits per heavy atom. The molecule has 0 bridgehead atoms. The van der Waals surface area contributed by atoms with E-state index in [9.17, 15) is 14.4 Å². The van der Waals surface area contributed by atoms with Gasteiger partial charge in [0.05, 0.1) is 24.6 Å². The fraction of sp³-hybridized carbons (Fsp3) is 0.385. The van der Waals surface area contributed by atoms with Gasteiger partial charge >= 0.3 is 6.03 Å². The van der Waals surface area contributed by atoms with Gasteiger partial charge in [0.15, 0.2) is 5.71 Å². The first kappa shape index (κ1) is 16.1. The van der Waals surface area contributed by atoms with Gasteiger partial charge in [0.1, 0.15) is 5.54 Å². The summed E-state index contributed by atoms with van der Waals surface area (Å²) in [6.45, 7) is -0.0546. The summed E-state index contributed by atoms with van der Waals surface area (Å²) >= 11 is 1.22. The van der Waals surface area contributed by atoms with Crippen LogP contribution in [-0.2, 0) is 9.59 Å². The average Bonchev–Trinajstić information content (AvgIpc) is 3.20. The summed E-state index contributed by atoms with van der Waals surface area (Å²) < 4.78 is 3.88. The van der Waals surface area contributed by atoms with E-state index in [2.05, 4.69) is 30.9 Å². The lowest BCUT2D eigenvalue weighted by Gasteiger charge is -2.26. The molecule has 0 radical (unpaired) electrons. The maximum absolute atomic E-state index is 12.2. The van der Waals surface area contributed by atoms with Crippen molar-refractivity contribution in [1.82, 2.24) is 20.3 Å². The first-order valence-corrected chi connectivity index (χ1v) is 8.04. The van der Waals surface area contributed by atoms with Crippen molar-refractivity contribution in [2.45, 2.75) is 18.4 Å². The van der Waals surface area contributed by atoms with Crippen LogP contribution in [0.5, 0.6) is 0 Å². The zero-order valence-electron chi connectivity index (χ0n) is 12.5. The first-order chi connectivity index (χ1) is 11.5. The maximum Gasteiger partial charge on any atom is 0.322 e. The Bertz CT molecular complexity index is 713. The van der Waals surface area contributed by atoms with Gasteiger partial charge in [-0.05, 0) is 30.3 Å². The molecule has 1 saturated heterocycles. The minimum atomic E-state index is -1.12. The van der Waals surface area contributed by atoms with Crippen molar-refractivity contribution in [3.05, 3.63) is 11.6 Å². The SMILES string of the molecule is N=C/C(=N\Nc1cnsc1)C(=O)NC[C@@]1(C2CC2)NC(=O)NC1=O. The summed E-state index contributed by atoms with van der Waals surface area (Å²) in [5.41, 5.74) is 1.94. The Hall–Kier alpha value is -2.82. The number of nitrogens with one attached hydrogen (secondary N) is 5. The second kappa shape index (κ2) is 6.35. The van der Waals surface area contributed by atoms with Crippen LogP contribution in [0, 0.1) is 11.3 Å². The predicted molar refractivity (Wildman–Crippen MR) is 87.1 cm³/mol. The monoisotopic (exact) mass is 349 g/mol. The van der Waals surface area contributed by atoms with Crippen LogP contribution in [0.1, 0.15) is 12.8 Å². The van der Waals surface area contributed by atoms with Crippen molar-refractivity contribution in [1.29, 1.82) is 5.41 Å². The molecule has 2 aliphatic rings. The first-order valence-electron chi connectivity index (χ1n) is 7.20. The highest BCUT2D eigenvalue weighted by atomic mass is 32.1. The minimum absolute atomic E-state index is 0.000347. The normalized spacial score (nSPS) is 23.4. The third-order valence-corrected chi connectivity index (χ3v) is 4.46. The number of nitrogens with zero attached hydrogens (tertiary/aromatic N) is 2. The molecule has 4 amide bonds. The molecule has 1 aromatic heterocycles. The molecular formula is C13H15N7O3S. The van der Waals surface area contributed by atoms with Crippen LogP contribution in [-0.4, -0.2) is 46.2 Å². The zero-order chi connectivity index (χ0) is 17.2. The molecule has 1 aromatic rings. The molecule has 24 heavy (non-hydrogen) atoms. The third kappa shape index (κ3) is 3.11. The van der Waals surface area contributed by atoms with Gasteiger partial charge in [-0.1, -0.05) is 0 Å². The highest BCUT2D eigenvalue weighted by Gasteiger charge is 2.56. The van der Waals surface area contributed by atoms with Crippen molar-refractivity contribution < 1.29 is 14.4 Å². The van der Waals surface area contributed by atoms with Crippen molar-refractivity contribution in [2.24, 2.45) is 11.0 Å². The molecule has 3 rings (SSSR count). The number of aromatic nitrogens is 1. The van der Waals surface area contributed by atoms with Crippen LogP contribution < -0.4 is 21.4 Å². The van der Waals surface area contributed by atoms with Crippen LogP contribution in [0.2, 0.25) is 0 Å². The van der Waals surface area contributed by atoms with Crippen LogP contribution in [0.15, 0.2) is 16.7 Å². The topological polar surface area (TPSA) is 148 Å². The van der Waals surface area contributed by atoms with Gasteiger partial charge in [0, 0.05) is 5.38 Å². The molecule has 1 saturated carbocycles. The van der Waals surface area contributed by atoms with E-state index in [4.69, 9.17) is 5.41 Å². The molecular weight excluding hydrogens is 334 g/mol. The van der Waals surface area contributed by atoms with E-state index in [0.717, 1.165) is 19.1 Å². The summed E-state index contributed by atoms with van der Waals surface area (Å²) in [4.78, 5) is 35.7. The van der Waals surface area contributed by atoms with Crippen LogP contribution in [0.3, 0.4) is 0 Å². The molecule has 0 aromatic carbocycles. The van der Waals surface area contributed by atoms with Gasteiger partial charge in [-0.25, -0.2) is 4.79 Å². The van der Waals surface area contributed by atoms with Crippen molar-refractivity contribution in [3.8, 4) is 0 Å². The minimum Gasteiger partial charge on any atom is -0.348 e. The Labute approximate surface area is 140 Å². The van der Waals surface area contributed by atoms with E-state index in [1.165, 1.54) is 17.7 Å². The van der Waals surface area contributed by atoms with Crippen LogP contribution in [0.4, 0.5) is 10.5 Å². The predicted octanol–water partition coefficient (Wildman–Crippen LogP) is -0.335. The van der Waals surface area contributed by atoms with E-state index < -0.39 is 23.4 Å². The molecule has 0 spiro atoms. The average molecular weight is 349 g/mol. The number of rotatable bonds is 7. The molecule has 126 valence electrons. The largest absolute Gasteiger partial charge is 0.348 e. The number of anilines is 1. The zero-order valence-corrected chi connectivity index (χ0v) is 13.3. The van der Waals surface area contributed by atoms with Gasteiger partial charge in [0.2, 0.25) is 0 Å². The van der Waals surface area contributed by atoms with Crippen molar-refractivity contribution in [2.75, 3.05) is 12.0 Å². The number of hydrogen-bond acceptors (Lipinski definition) is 8. The van der Waals surface area contributed by atoms with Gasteiger partial charge < -0.3 is 16.0 Å². The number of carbonyl (C=O) groups is 3. The fourth-order valence-electron chi connectivity index (χ4n) is 2.48. The van der Waals surface area contributed by atoms with Crippen molar-refractivity contribution >= 4 is 47.0 Å². The standard InChI is InChI=1S/C13H15N7O3S/c14-3-9(20-19-8-4-16-24-5-8)10(21)15-6-13(7-1-2-7)11(22)17-12(23)18-13/h3-5,7,14,19H,1-2,6H2,(H,15,21)(H2,17,18,22,23)/b14-3?,20-9+/t13-/m0/s1. The smallest absolute Gasteiger partial charge is 0.322 e. The Balaban J connectivity index is 1.64. The molecule has 0 unspecified atom stereocenters. The molecule has 2 fully saturated rings. The van der Waals surface area contributed by atoms with E-state index in [-0.39, 0.29) is 18.2 Å². The van der Waals surface area contributed by atoms with Gasteiger partial charge in [0.25, 0.3) is 11.8 Å². The summed E-state index contributed by atoms with van der Waals surface area (Å²) in [6, 6.07) is -0.561. The molecule has 1 atom stereocenters. The third-order valence-electron chi connectivity index (χ3n) is 3.88. The highest BCUT2D eigenvalue weighted by molar-refractivity contribution is 7.04. The lowest BCUT2D eigenvalue weighted by Crippen LogP contribution is -2.57. The molecule has 2 heterocycles. The van der Waals surface area contributed by atoms with E-state index in [0.29, 0.717) is 5.69 Å². The number of hydrogen-bond donors (Lipinski definition) is 5. The second-order valence-electron chi connectivity index (χ2n) is 5.50. The van der Waals surface area contributed by atoms with Gasteiger partial charge in [-0.15, -0.1) is 0 Å². The molecule has 5 N–H and O–H groups in total. The Morgan fingerprint density at radius 1 is 1.54 bits per heavy atom. The molecule has 11 heteroatoms. The van der Waals surface area contributed by atoms with E-state index in [1.807, 2.05) is 0 Å². The summed E-state index contributed by atoms with van der Waals surface area (Å²) in [5, 5.41) is 20.2. The van der Waals surface area contributed by atoms with Crippen LogP contribution >= 0.6 is 11.5 Å². The molecule has 1 aliphatic carbocycles. The summed E-state index contributed by atoms with van der Waals surface area (Å²) in [7, 11) is 0. The lowest BCUT2D eigenvalue weighted by molar-refractivity contribution is -0.125. The summed E-state index contributed by atoms with van der Waals surface area (Å²) in [6.07, 6.45) is 3.96. The van der Waals surface area contributed by atoms with Gasteiger partial charge in [-0.2, -0.15) is 9.47 Å². The quantitative estimate of drug-likeness (QED) is 0.259. The number of imide groups is 1. The van der Waals surface area contributed by atoms with Gasteiger partial charge in [-0.3, -0.25) is 20.3 Å². The van der Waals surface area contributed by atoms with Crippen molar-refractivity contribution in [3.63, 3.8) is 0 Å². The van der Waals surface area contributed by atoms with Crippen LogP contribution in [0.25, 0.3) is 0 Å². The highest BCUT2D eigenvalue weighted by Crippen LogP contribution is 2.40. The number of carbonyl (C=O) groups excluding carboxylic acids is 3. The molecule has 10 nitrogen and oxygen atoms in total. The Morgan fingerprint density at radius 2 is 2.33 bits per heavy atom. The summed E-state index contributed by atoms with van der Waals surface area (Å²) in [5.74, 6) is -1.06. The number of urea groups is 1. The van der Waals surface area contributed by atoms with E-state index in [1.54, 1.807) is 5.38 Å². The molecule has 1 aliphatic heterocycles. The van der Waals surface area contributed by atoms with E-state index >= 15 is 0 Å². The second-order valence-corrected chi connectivity index (χ2v) is 6.16. The number of hydrazone groups is 1.